The fraction of sp³-hybridized carbons (Fsp3) is 0.417. The smallest absolute Gasteiger partial charge is 0.104 e. The van der Waals surface area contributed by atoms with Crippen LogP contribution < -0.4 is 0 Å². The first-order valence-electron chi connectivity index (χ1n) is 5.31. The summed E-state index contributed by atoms with van der Waals surface area (Å²) in [5.74, 6) is 0.880. The largest absolute Gasteiger partial charge is 0.392 e. The lowest BCUT2D eigenvalue weighted by atomic mass is 10.3. The van der Waals surface area contributed by atoms with Crippen LogP contribution in [0.3, 0.4) is 0 Å². The third kappa shape index (κ3) is 2.75. The van der Waals surface area contributed by atoms with Gasteiger partial charge in [0.15, 0.2) is 0 Å². The molecule has 0 saturated heterocycles. The van der Waals surface area contributed by atoms with Crippen LogP contribution in [0.2, 0.25) is 0 Å². The van der Waals surface area contributed by atoms with E-state index in [0.29, 0.717) is 0 Å². The highest BCUT2D eigenvalue weighted by atomic mass is 32.2. The van der Waals surface area contributed by atoms with Gasteiger partial charge in [-0.1, -0.05) is 19.1 Å². The lowest BCUT2D eigenvalue weighted by Gasteiger charge is -2.12. The molecule has 0 radical (unpaired) electrons. The summed E-state index contributed by atoms with van der Waals surface area (Å²) in [6.07, 6.45) is -0.264. The molecule has 2 atom stereocenters. The van der Waals surface area contributed by atoms with Crippen LogP contribution in [-0.4, -0.2) is 21.4 Å². The summed E-state index contributed by atoms with van der Waals surface area (Å²) in [5.41, 5.74) is 1.08. The SMILES string of the molecule is CC(O)C(C)SCc1nc2ccccc2s1. The Morgan fingerprint density at radius 2 is 2.12 bits per heavy atom. The van der Waals surface area contributed by atoms with Crippen molar-refractivity contribution in [3.8, 4) is 0 Å². The van der Waals surface area contributed by atoms with Crippen molar-refractivity contribution in [3.63, 3.8) is 0 Å². The van der Waals surface area contributed by atoms with E-state index in [1.54, 1.807) is 23.1 Å². The average molecular weight is 253 g/mol. The normalized spacial score (nSPS) is 15.2. The molecule has 2 nitrogen and oxygen atoms in total. The molecule has 2 rings (SSSR count). The summed E-state index contributed by atoms with van der Waals surface area (Å²) in [4.78, 5) is 4.56. The maximum absolute atomic E-state index is 9.40. The summed E-state index contributed by atoms with van der Waals surface area (Å²) in [6.45, 7) is 3.87. The van der Waals surface area contributed by atoms with Gasteiger partial charge < -0.3 is 5.11 Å². The van der Waals surface area contributed by atoms with Crippen molar-refractivity contribution < 1.29 is 5.11 Å². The van der Waals surface area contributed by atoms with E-state index in [-0.39, 0.29) is 11.4 Å². The summed E-state index contributed by atoms with van der Waals surface area (Å²) in [6, 6.07) is 8.19. The Labute approximate surface area is 104 Å². The van der Waals surface area contributed by atoms with Gasteiger partial charge in [0.05, 0.1) is 16.3 Å². The Balaban J connectivity index is 2.05. The van der Waals surface area contributed by atoms with E-state index in [0.717, 1.165) is 16.3 Å². The molecule has 0 spiro atoms. The third-order valence-corrected chi connectivity index (χ3v) is 5.07. The first kappa shape index (κ1) is 11.9. The number of thioether (sulfide) groups is 1. The molecule has 0 fully saturated rings. The van der Waals surface area contributed by atoms with Crippen LogP contribution in [0.4, 0.5) is 0 Å². The zero-order valence-corrected chi connectivity index (χ0v) is 11.0. The maximum atomic E-state index is 9.40. The number of para-hydroxylation sites is 1. The van der Waals surface area contributed by atoms with E-state index in [1.165, 1.54) is 4.70 Å². The number of benzene rings is 1. The van der Waals surface area contributed by atoms with Gasteiger partial charge in [-0.15, -0.1) is 23.1 Å². The Kier molecular flexibility index (Phi) is 3.84. The second-order valence-corrected chi connectivity index (χ2v) is 6.31. The van der Waals surface area contributed by atoms with Crippen LogP contribution >= 0.6 is 23.1 Å². The molecule has 0 aliphatic rings. The predicted octanol–water partition coefficient (Wildman–Crippen LogP) is 3.30. The van der Waals surface area contributed by atoms with Gasteiger partial charge in [0.1, 0.15) is 5.01 Å². The molecule has 1 N–H and O–H groups in total. The van der Waals surface area contributed by atoms with Gasteiger partial charge in [-0.3, -0.25) is 0 Å². The van der Waals surface area contributed by atoms with E-state index in [4.69, 9.17) is 0 Å². The lowest BCUT2D eigenvalue weighted by Crippen LogP contribution is -2.15. The Morgan fingerprint density at radius 3 is 2.81 bits per heavy atom. The molecule has 2 unspecified atom stereocenters. The molecular weight excluding hydrogens is 238 g/mol. The molecule has 0 aliphatic carbocycles. The van der Waals surface area contributed by atoms with E-state index in [9.17, 15) is 5.11 Å². The molecule has 0 aliphatic heterocycles. The minimum Gasteiger partial charge on any atom is -0.392 e. The number of rotatable bonds is 4. The van der Waals surface area contributed by atoms with Gasteiger partial charge in [0, 0.05) is 11.0 Å². The van der Waals surface area contributed by atoms with Gasteiger partial charge in [0.25, 0.3) is 0 Å². The number of aliphatic hydroxyl groups is 1. The zero-order chi connectivity index (χ0) is 11.5. The standard InChI is InChI=1S/C12H15NOS2/c1-8(14)9(2)15-7-12-13-10-5-3-4-6-11(10)16-12/h3-6,8-9,14H,7H2,1-2H3. The Hall–Kier alpha value is -0.580. The van der Waals surface area contributed by atoms with Crippen LogP contribution in [0.25, 0.3) is 10.2 Å². The average Bonchev–Trinajstić information content (AvgIpc) is 2.68. The second-order valence-electron chi connectivity index (χ2n) is 3.83. The molecule has 2 aromatic rings. The fourth-order valence-electron chi connectivity index (χ4n) is 1.32. The van der Waals surface area contributed by atoms with Crippen LogP contribution in [0.1, 0.15) is 18.9 Å². The van der Waals surface area contributed by atoms with Crippen molar-refractivity contribution in [3.05, 3.63) is 29.3 Å². The summed E-state index contributed by atoms with van der Waals surface area (Å²) >= 11 is 3.49. The lowest BCUT2D eigenvalue weighted by molar-refractivity contribution is 0.196. The minimum atomic E-state index is -0.264. The van der Waals surface area contributed by atoms with E-state index >= 15 is 0 Å². The van der Waals surface area contributed by atoms with Crippen molar-refractivity contribution in [2.45, 2.75) is 31.0 Å². The van der Waals surface area contributed by atoms with Crippen molar-refractivity contribution in [2.75, 3.05) is 0 Å². The first-order chi connectivity index (χ1) is 7.66. The van der Waals surface area contributed by atoms with Gasteiger partial charge in [-0.25, -0.2) is 4.98 Å². The molecule has 1 aromatic carbocycles. The van der Waals surface area contributed by atoms with Crippen LogP contribution in [0, 0.1) is 0 Å². The molecule has 16 heavy (non-hydrogen) atoms. The number of thiazole rings is 1. The van der Waals surface area contributed by atoms with E-state index in [2.05, 4.69) is 11.1 Å². The quantitative estimate of drug-likeness (QED) is 0.907. The topological polar surface area (TPSA) is 33.1 Å². The summed E-state index contributed by atoms with van der Waals surface area (Å²) in [5, 5.41) is 10.8. The minimum absolute atomic E-state index is 0.256. The number of aliphatic hydroxyl groups excluding tert-OH is 1. The number of hydrogen-bond acceptors (Lipinski definition) is 4. The highest BCUT2D eigenvalue weighted by Gasteiger charge is 2.10. The van der Waals surface area contributed by atoms with Gasteiger partial charge in [-0.05, 0) is 19.1 Å². The number of hydrogen-bond donors (Lipinski definition) is 1. The van der Waals surface area contributed by atoms with E-state index in [1.807, 2.05) is 32.0 Å². The van der Waals surface area contributed by atoms with Gasteiger partial charge in [-0.2, -0.15) is 0 Å². The molecule has 4 heteroatoms. The fourth-order valence-corrected chi connectivity index (χ4v) is 3.27. The van der Waals surface area contributed by atoms with E-state index < -0.39 is 0 Å². The summed E-state index contributed by atoms with van der Waals surface area (Å²) < 4.78 is 1.24. The molecular formula is C12H15NOS2. The van der Waals surface area contributed by atoms with Crippen LogP contribution in [0.5, 0.6) is 0 Å². The monoisotopic (exact) mass is 253 g/mol. The highest BCUT2D eigenvalue weighted by Crippen LogP contribution is 2.27. The number of fused-ring (bicyclic) bond motifs is 1. The molecule has 1 heterocycles. The van der Waals surface area contributed by atoms with Gasteiger partial charge >= 0.3 is 0 Å². The maximum Gasteiger partial charge on any atom is 0.104 e. The van der Waals surface area contributed by atoms with Crippen LogP contribution in [0.15, 0.2) is 24.3 Å². The van der Waals surface area contributed by atoms with Crippen LogP contribution in [-0.2, 0) is 5.75 Å². The highest BCUT2D eigenvalue weighted by molar-refractivity contribution is 7.99. The van der Waals surface area contributed by atoms with Crippen molar-refractivity contribution >= 4 is 33.3 Å². The Bertz CT molecular complexity index is 434. The first-order valence-corrected chi connectivity index (χ1v) is 7.17. The molecule has 1 aromatic heterocycles. The number of aromatic nitrogens is 1. The molecule has 0 bridgehead atoms. The predicted molar refractivity (Wildman–Crippen MR) is 72.1 cm³/mol. The van der Waals surface area contributed by atoms with Gasteiger partial charge in [0.2, 0.25) is 0 Å². The second kappa shape index (κ2) is 5.17. The summed E-state index contributed by atoms with van der Waals surface area (Å²) in [7, 11) is 0. The van der Waals surface area contributed by atoms with Crippen molar-refractivity contribution in [2.24, 2.45) is 0 Å². The molecule has 0 saturated carbocycles. The molecule has 86 valence electrons. The van der Waals surface area contributed by atoms with Crippen molar-refractivity contribution in [1.29, 1.82) is 0 Å². The van der Waals surface area contributed by atoms with Crippen molar-refractivity contribution in [1.82, 2.24) is 4.98 Å². The Morgan fingerprint density at radius 1 is 1.38 bits per heavy atom. The molecule has 0 amide bonds. The number of nitrogens with zero attached hydrogens (tertiary/aromatic N) is 1. The zero-order valence-electron chi connectivity index (χ0n) is 9.38. The third-order valence-electron chi connectivity index (χ3n) is 2.49.